The molecule has 0 unspecified atom stereocenters. The lowest BCUT2D eigenvalue weighted by Gasteiger charge is -2.36. The van der Waals surface area contributed by atoms with Gasteiger partial charge in [0.2, 0.25) is 5.91 Å². The van der Waals surface area contributed by atoms with Crippen LogP contribution in [0.1, 0.15) is 12.8 Å². The molecule has 124 valence electrons. The topological polar surface area (TPSA) is 65.5 Å². The van der Waals surface area contributed by atoms with Crippen LogP contribution in [0.5, 0.6) is 0 Å². The van der Waals surface area contributed by atoms with Gasteiger partial charge in [-0.25, -0.2) is 4.79 Å². The molecule has 3 amide bonds. The number of carbonyl (C=O) groups is 2. The van der Waals surface area contributed by atoms with Gasteiger partial charge in [0.15, 0.2) is 0 Å². The van der Waals surface area contributed by atoms with E-state index in [9.17, 15) is 9.59 Å². The third-order valence-corrected chi connectivity index (χ3v) is 4.18. The predicted molar refractivity (Wildman–Crippen MR) is 92.8 cm³/mol. The number of likely N-dealkylation sites (N-methyl/N-ethyl adjacent to an activating group) is 1. The number of rotatable bonds is 3. The number of carbonyl (C=O) groups excluding carboxylic acids is 2. The molecule has 0 aliphatic carbocycles. The number of nitrogens with one attached hydrogen (secondary N) is 1. The first-order valence-corrected chi connectivity index (χ1v) is 7.97. The Labute approximate surface area is 141 Å². The van der Waals surface area contributed by atoms with Gasteiger partial charge in [-0.15, -0.1) is 0 Å². The first kappa shape index (κ1) is 16.0. The Balaban J connectivity index is 1.71. The first-order valence-electron chi connectivity index (χ1n) is 7.97. The van der Waals surface area contributed by atoms with Crippen molar-refractivity contribution in [2.75, 3.05) is 23.8 Å². The number of hydrogen-bond donors (Lipinski definition) is 1. The fourth-order valence-corrected chi connectivity index (χ4v) is 2.87. The van der Waals surface area contributed by atoms with Crippen molar-refractivity contribution in [2.24, 2.45) is 0 Å². The summed E-state index contributed by atoms with van der Waals surface area (Å²) in [4.78, 5) is 32.4. The SMILES string of the molecule is CN(C(=O)Nc1cccnc1)[C@@H]1CCCN(c2ccccc2)C1=O. The minimum Gasteiger partial charge on any atom is -0.316 e. The molecule has 2 heterocycles. The molecule has 0 saturated carbocycles. The van der Waals surface area contributed by atoms with Crippen molar-refractivity contribution in [1.29, 1.82) is 0 Å². The van der Waals surface area contributed by atoms with Crippen LogP contribution in [0.15, 0.2) is 54.9 Å². The number of urea groups is 1. The van der Waals surface area contributed by atoms with Gasteiger partial charge in [-0.05, 0) is 37.1 Å². The second-order valence-electron chi connectivity index (χ2n) is 5.77. The number of aromatic nitrogens is 1. The lowest BCUT2D eigenvalue weighted by Crippen LogP contribution is -2.53. The van der Waals surface area contributed by atoms with Gasteiger partial charge in [0.05, 0.1) is 11.9 Å². The number of hydrogen-bond acceptors (Lipinski definition) is 3. The zero-order chi connectivity index (χ0) is 16.9. The molecule has 24 heavy (non-hydrogen) atoms. The summed E-state index contributed by atoms with van der Waals surface area (Å²) in [6.45, 7) is 0.678. The van der Waals surface area contributed by atoms with Crippen molar-refractivity contribution < 1.29 is 9.59 Å². The second kappa shape index (κ2) is 7.12. The van der Waals surface area contributed by atoms with Crippen molar-refractivity contribution in [3.05, 3.63) is 54.9 Å². The van der Waals surface area contributed by atoms with Gasteiger partial charge in [-0.3, -0.25) is 9.78 Å². The zero-order valence-corrected chi connectivity index (χ0v) is 13.6. The van der Waals surface area contributed by atoms with Crippen LogP contribution in [-0.4, -0.2) is 41.5 Å². The number of pyridine rings is 1. The van der Waals surface area contributed by atoms with E-state index in [0.717, 1.165) is 12.1 Å². The molecule has 0 bridgehead atoms. The summed E-state index contributed by atoms with van der Waals surface area (Å²) < 4.78 is 0. The fourth-order valence-electron chi connectivity index (χ4n) is 2.87. The van der Waals surface area contributed by atoms with Crippen molar-refractivity contribution in [3.63, 3.8) is 0 Å². The average Bonchev–Trinajstić information content (AvgIpc) is 2.63. The summed E-state index contributed by atoms with van der Waals surface area (Å²) in [5.74, 6) is -0.0451. The Hall–Kier alpha value is -2.89. The summed E-state index contributed by atoms with van der Waals surface area (Å²) in [5.41, 5.74) is 1.48. The second-order valence-corrected chi connectivity index (χ2v) is 5.77. The monoisotopic (exact) mass is 324 g/mol. The molecule has 0 spiro atoms. The quantitative estimate of drug-likeness (QED) is 0.944. The summed E-state index contributed by atoms with van der Waals surface area (Å²) in [5, 5.41) is 2.77. The van der Waals surface area contributed by atoms with E-state index >= 15 is 0 Å². The number of amides is 3. The van der Waals surface area contributed by atoms with E-state index in [1.165, 1.54) is 4.90 Å². The Morgan fingerprint density at radius 2 is 2.04 bits per heavy atom. The van der Waals surface area contributed by atoms with Crippen LogP contribution in [0.25, 0.3) is 0 Å². The standard InChI is InChI=1S/C18H20N4O2/c1-21(18(24)20-14-7-5-11-19-13-14)16-10-6-12-22(17(16)23)15-8-3-2-4-9-15/h2-5,7-9,11,13,16H,6,10,12H2,1H3,(H,20,24)/t16-/m1/s1. The molecule has 1 aromatic carbocycles. The highest BCUT2D eigenvalue weighted by molar-refractivity contribution is 6.01. The Morgan fingerprint density at radius 1 is 1.25 bits per heavy atom. The van der Waals surface area contributed by atoms with E-state index in [4.69, 9.17) is 0 Å². The van der Waals surface area contributed by atoms with Crippen LogP contribution in [-0.2, 0) is 4.79 Å². The molecular weight excluding hydrogens is 304 g/mol. The van der Waals surface area contributed by atoms with Crippen molar-refractivity contribution in [1.82, 2.24) is 9.88 Å². The number of piperidine rings is 1. The highest BCUT2D eigenvalue weighted by atomic mass is 16.2. The molecule has 2 aromatic rings. The summed E-state index contributed by atoms with van der Waals surface area (Å²) in [7, 11) is 1.66. The lowest BCUT2D eigenvalue weighted by atomic mass is 10.0. The van der Waals surface area contributed by atoms with Crippen molar-refractivity contribution in [2.45, 2.75) is 18.9 Å². The number of anilines is 2. The van der Waals surface area contributed by atoms with Gasteiger partial charge in [-0.1, -0.05) is 18.2 Å². The molecular formula is C18H20N4O2. The van der Waals surface area contributed by atoms with Gasteiger partial charge >= 0.3 is 6.03 Å². The van der Waals surface area contributed by atoms with E-state index in [-0.39, 0.29) is 11.9 Å². The predicted octanol–water partition coefficient (Wildman–Crippen LogP) is 2.74. The Kier molecular flexibility index (Phi) is 4.74. The summed E-state index contributed by atoms with van der Waals surface area (Å²) in [6, 6.07) is 12.3. The number of nitrogens with zero attached hydrogens (tertiary/aromatic N) is 3. The summed E-state index contributed by atoms with van der Waals surface area (Å²) >= 11 is 0. The molecule has 3 rings (SSSR count). The van der Waals surface area contributed by atoms with E-state index in [1.807, 2.05) is 30.3 Å². The van der Waals surface area contributed by atoms with Crippen LogP contribution in [0.2, 0.25) is 0 Å². The Bertz CT molecular complexity index is 705. The van der Waals surface area contributed by atoms with Gasteiger partial charge in [0.1, 0.15) is 6.04 Å². The number of para-hydroxylation sites is 1. The largest absolute Gasteiger partial charge is 0.322 e. The first-order chi connectivity index (χ1) is 11.7. The molecule has 1 aliphatic rings. The van der Waals surface area contributed by atoms with Crippen LogP contribution < -0.4 is 10.2 Å². The minimum absolute atomic E-state index is 0.0451. The van der Waals surface area contributed by atoms with Crippen LogP contribution >= 0.6 is 0 Å². The highest BCUT2D eigenvalue weighted by Crippen LogP contribution is 2.23. The maximum absolute atomic E-state index is 12.8. The molecule has 0 radical (unpaired) electrons. The third-order valence-electron chi connectivity index (χ3n) is 4.18. The molecule has 1 N–H and O–H groups in total. The lowest BCUT2D eigenvalue weighted by molar-refractivity contribution is -0.123. The van der Waals surface area contributed by atoms with Crippen molar-refractivity contribution >= 4 is 23.3 Å². The van der Waals surface area contributed by atoms with Gasteiger partial charge in [-0.2, -0.15) is 0 Å². The highest BCUT2D eigenvalue weighted by Gasteiger charge is 2.34. The van der Waals surface area contributed by atoms with Crippen LogP contribution in [0, 0.1) is 0 Å². The maximum atomic E-state index is 12.8. The third kappa shape index (κ3) is 3.37. The molecule has 6 heteroatoms. The molecule has 1 fully saturated rings. The summed E-state index contributed by atoms with van der Waals surface area (Å²) in [6.07, 6.45) is 4.74. The molecule has 1 atom stereocenters. The van der Waals surface area contributed by atoms with Crippen molar-refractivity contribution in [3.8, 4) is 0 Å². The van der Waals surface area contributed by atoms with Crippen LogP contribution in [0.3, 0.4) is 0 Å². The van der Waals surface area contributed by atoms with Gasteiger partial charge in [0, 0.05) is 25.5 Å². The van der Waals surface area contributed by atoms with E-state index in [2.05, 4.69) is 10.3 Å². The van der Waals surface area contributed by atoms with E-state index < -0.39 is 6.04 Å². The molecule has 1 aliphatic heterocycles. The van der Waals surface area contributed by atoms with Gasteiger partial charge < -0.3 is 15.1 Å². The number of benzene rings is 1. The molecule has 6 nitrogen and oxygen atoms in total. The molecule has 1 saturated heterocycles. The molecule has 1 aromatic heterocycles. The average molecular weight is 324 g/mol. The smallest absolute Gasteiger partial charge is 0.316 e. The zero-order valence-electron chi connectivity index (χ0n) is 13.6. The van der Waals surface area contributed by atoms with Gasteiger partial charge in [0.25, 0.3) is 0 Å². The normalized spacial score (nSPS) is 17.5. The minimum atomic E-state index is -0.462. The fraction of sp³-hybridized carbons (Fsp3) is 0.278. The van der Waals surface area contributed by atoms with Crippen LogP contribution in [0.4, 0.5) is 16.2 Å². The van der Waals surface area contributed by atoms with E-state index in [1.54, 1.807) is 36.5 Å². The maximum Gasteiger partial charge on any atom is 0.322 e. The van der Waals surface area contributed by atoms with E-state index in [0.29, 0.717) is 18.7 Å². The Morgan fingerprint density at radius 3 is 2.75 bits per heavy atom.